The van der Waals surface area contributed by atoms with Crippen molar-refractivity contribution in [1.29, 1.82) is 0 Å². The highest BCUT2D eigenvalue weighted by molar-refractivity contribution is 6.30. The van der Waals surface area contributed by atoms with E-state index >= 15 is 0 Å². The van der Waals surface area contributed by atoms with Crippen molar-refractivity contribution in [3.63, 3.8) is 0 Å². The van der Waals surface area contributed by atoms with Gasteiger partial charge in [-0.3, -0.25) is 4.79 Å². The molecule has 1 aromatic carbocycles. The van der Waals surface area contributed by atoms with E-state index in [9.17, 15) is 4.79 Å². The number of hydrogen-bond acceptors (Lipinski definition) is 2. The summed E-state index contributed by atoms with van der Waals surface area (Å²) in [5.74, 6) is 0.431. The number of hydrogen-bond donors (Lipinski definition) is 0. The van der Waals surface area contributed by atoms with Gasteiger partial charge < -0.3 is 0 Å². The molecule has 3 rings (SSSR count). The molecule has 1 aromatic heterocycles. The molecule has 4 heteroatoms. The van der Waals surface area contributed by atoms with Crippen LogP contribution >= 0.6 is 11.6 Å². The van der Waals surface area contributed by atoms with Gasteiger partial charge in [-0.2, -0.15) is 5.10 Å². The van der Waals surface area contributed by atoms with Crippen molar-refractivity contribution < 1.29 is 4.79 Å². The van der Waals surface area contributed by atoms with Gasteiger partial charge in [0.15, 0.2) is 6.29 Å². The SMILES string of the molecule is O=Cc1cn(-c2cccc(Cl)c2)nc1C1CCCC1. The van der Waals surface area contributed by atoms with Crippen LogP contribution in [0.2, 0.25) is 5.02 Å². The van der Waals surface area contributed by atoms with Crippen LogP contribution in [0, 0.1) is 0 Å². The lowest BCUT2D eigenvalue weighted by Gasteiger charge is -2.05. The molecule has 0 bridgehead atoms. The molecule has 2 aromatic rings. The number of benzene rings is 1. The predicted octanol–water partition coefficient (Wildman–Crippen LogP) is 4.00. The molecule has 1 heterocycles. The summed E-state index contributed by atoms with van der Waals surface area (Å²) in [6.45, 7) is 0. The van der Waals surface area contributed by atoms with Gasteiger partial charge in [0.1, 0.15) is 0 Å². The van der Waals surface area contributed by atoms with E-state index in [1.54, 1.807) is 10.9 Å². The lowest BCUT2D eigenvalue weighted by atomic mass is 10.0. The summed E-state index contributed by atoms with van der Waals surface area (Å²) in [6, 6.07) is 7.50. The van der Waals surface area contributed by atoms with Gasteiger partial charge in [0.2, 0.25) is 0 Å². The second-order valence-corrected chi connectivity index (χ2v) is 5.43. The summed E-state index contributed by atoms with van der Waals surface area (Å²) in [5.41, 5.74) is 2.53. The Balaban J connectivity index is 2.01. The van der Waals surface area contributed by atoms with Gasteiger partial charge in [0.05, 0.1) is 16.9 Å². The molecule has 0 saturated heterocycles. The largest absolute Gasteiger partial charge is 0.298 e. The second kappa shape index (κ2) is 5.17. The van der Waals surface area contributed by atoms with Gasteiger partial charge in [-0.05, 0) is 31.0 Å². The quantitative estimate of drug-likeness (QED) is 0.793. The summed E-state index contributed by atoms with van der Waals surface area (Å²) in [4.78, 5) is 11.2. The molecule has 1 saturated carbocycles. The Morgan fingerprint density at radius 1 is 1.32 bits per heavy atom. The van der Waals surface area contributed by atoms with E-state index in [2.05, 4.69) is 5.10 Å². The zero-order valence-corrected chi connectivity index (χ0v) is 11.3. The third-order valence-corrected chi connectivity index (χ3v) is 3.95. The van der Waals surface area contributed by atoms with Gasteiger partial charge in [0.25, 0.3) is 0 Å². The van der Waals surface area contributed by atoms with Gasteiger partial charge >= 0.3 is 0 Å². The molecule has 0 amide bonds. The second-order valence-electron chi connectivity index (χ2n) is 4.99. The Kier molecular flexibility index (Phi) is 3.38. The molecule has 1 aliphatic carbocycles. The normalized spacial score (nSPS) is 15.8. The summed E-state index contributed by atoms with van der Waals surface area (Å²) >= 11 is 5.99. The number of halogens is 1. The summed E-state index contributed by atoms with van der Waals surface area (Å²) in [5, 5.41) is 5.27. The maximum Gasteiger partial charge on any atom is 0.153 e. The van der Waals surface area contributed by atoms with Crippen molar-refractivity contribution >= 4 is 17.9 Å². The van der Waals surface area contributed by atoms with E-state index in [1.165, 1.54) is 12.8 Å². The Bertz CT molecular complexity index is 600. The zero-order valence-electron chi connectivity index (χ0n) is 10.6. The van der Waals surface area contributed by atoms with Gasteiger partial charge in [0, 0.05) is 17.1 Å². The Morgan fingerprint density at radius 3 is 2.79 bits per heavy atom. The van der Waals surface area contributed by atoms with Crippen LogP contribution in [0.5, 0.6) is 0 Å². The number of aldehydes is 1. The maximum atomic E-state index is 11.2. The van der Waals surface area contributed by atoms with Crippen molar-refractivity contribution in [2.24, 2.45) is 0 Å². The zero-order chi connectivity index (χ0) is 13.2. The highest BCUT2D eigenvalue weighted by Gasteiger charge is 2.23. The van der Waals surface area contributed by atoms with Crippen LogP contribution in [-0.4, -0.2) is 16.1 Å². The number of nitrogens with zero attached hydrogens (tertiary/aromatic N) is 2. The number of rotatable bonds is 3. The fourth-order valence-corrected chi connectivity index (χ4v) is 2.94. The third-order valence-electron chi connectivity index (χ3n) is 3.71. The first-order valence-electron chi connectivity index (χ1n) is 6.58. The fraction of sp³-hybridized carbons (Fsp3) is 0.333. The lowest BCUT2D eigenvalue weighted by Crippen LogP contribution is -1.99. The average molecular weight is 275 g/mol. The van der Waals surface area contributed by atoms with Crippen LogP contribution in [0.15, 0.2) is 30.5 Å². The molecule has 0 spiro atoms. The van der Waals surface area contributed by atoms with E-state index in [0.717, 1.165) is 30.5 Å². The van der Waals surface area contributed by atoms with Crippen LogP contribution in [0.3, 0.4) is 0 Å². The van der Waals surface area contributed by atoms with Crippen molar-refractivity contribution in [3.05, 3.63) is 46.7 Å². The summed E-state index contributed by atoms with van der Waals surface area (Å²) in [6.07, 6.45) is 7.43. The predicted molar refractivity (Wildman–Crippen MR) is 75.2 cm³/mol. The van der Waals surface area contributed by atoms with Crippen molar-refractivity contribution in [2.75, 3.05) is 0 Å². The van der Waals surface area contributed by atoms with Crippen LogP contribution < -0.4 is 0 Å². The first kappa shape index (κ1) is 12.4. The van der Waals surface area contributed by atoms with Crippen molar-refractivity contribution in [2.45, 2.75) is 31.6 Å². The minimum Gasteiger partial charge on any atom is -0.298 e. The van der Waals surface area contributed by atoms with E-state index in [-0.39, 0.29) is 0 Å². The maximum absolute atomic E-state index is 11.2. The Labute approximate surface area is 117 Å². The fourth-order valence-electron chi connectivity index (χ4n) is 2.76. The smallest absolute Gasteiger partial charge is 0.153 e. The monoisotopic (exact) mass is 274 g/mol. The molecule has 0 radical (unpaired) electrons. The Morgan fingerprint density at radius 2 is 2.11 bits per heavy atom. The molecule has 0 N–H and O–H groups in total. The van der Waals surface area contributed by atoms with Crippen LogP contribution in [0.4, 0.5) is 0 Å². The molecular weight excluding hydrogens is 260 g/mol. The number of carbonyl (C=O) groups is 1. The third kappa shape index (κ3) is 2.43. The standard InChI is InChI=1S/C15H15ClN2O/c16-13-6-3-7-14(8-13)18-9-12(10-19)15(17-18)11-4-1-2-5-11/h3,6-11H,1-2,4-5H2. The molecule has 98 valence electrons. The van der Waals surface area contributed by atoms with Crippen molar-refractivity contribution in [3.8, 4) is 5.69 Å². The van der Waals surface area contributed by atoms with E-state index in [0.29, 0.717) is 16.5 Å². The number of aromatic nitrogens is 2. The molecule has 0 aliphatic heterocycles. The topological polar surface area (TPSA) is 34.9 Å². The van der Waals surface area contributed by atoms with Crippen LogP contribution in [0.1, 0.15) is 47.7 Å². The van der Waals surface area contributed by atoms with Crippen molar-refractivity contribution in [1.82, 2.24) is 9.78 Å². The van der Waals surface area contributed by atoms with Gasteiger partial charge in [-0.1, -0.05) is 30.5 Å². The van der Waals surface area contributed by atoms with Gasteiger partial charge in [-0.25, -0.2) is 4.68 Å². The first-order valence-corrected chi connectivity index (χ1v) is 6.96. The lowest BCUT2D eigenvalue weighted by molar-refractivity contribution is 0.112. The van der Waals surface area contributed by atoms with E-state index < -0.39 is 0 Å². The highest BCUT2D eigenvalue weighted by Crippen LogP contribution is 2.34. The van der Waals surface area contributed by atoms with Crippen LogP contribution in [-0.2, 0) is 0 Å². The average Bonchev–Trinajstić information content (AvgIpc) is 3.07. The highest BCUT2D eigenvalue weighted by atomic mass is 35.5. The Hall–Kier alpha value is -1.61. The molecular formula is C15H15ClN2O. The summed E-state index contributed by atoms with van der Waals surface area (Å²) < 4.78 is 1.75. The minimum absolute atomic E-state index is 0.431. The molecule has 0 atom stereocenters. The van der Waals surface area contributed by atoms with Gasteiger partial charge in [-0.15, -0.1) is 0 Å². The molecule has 19 heavy (non-hydrogen) atoms. The molecule has 3 nitrogen and oxygen atoms in total. The minimum atomic E-state index is 0.431. The van der Waals surface area contributed by atoms with E-state index in [4.69, 9.17) is 11.6 Å². The molecule has 1 fully saturated rings. The first-order chi connectivity index (χ1) is 9.28. The molecule has 1 aliphatic rings. The molecule has 0 unspecified atom stereocenters. The van der Waals surface area contributed by atoms with E-state index in [1.807, 2.05) is 24.3 Å². The van der Waals surface area contributed by atoms with Crippen LogP contribution in [0.25, 0.3) is 5.69 Å². The number of carbonyl (C=O) groups excluding carboxylic acids is 1. The summed E-state index contributed by atoms with van der Waals surface area (Å²) in [7, 11) is 0.